The van der Waals surface area contributed by atoms with Crippen LogP contribution in [0.1, 0.15) is 31.7 Å². The minimum absolute atomic E-state index is 0.0626. The van der Waals surface area contributed by atoms with Crippen LogP contribution in [0.5, 0.6) is 0 Å². The maximum Gasteiger partial charge on any atom is 0.126 e. The third kappa shape index (κ3) is 3.31. The lowest BCUT2D eigenvalue weighted by Crippen LogP contribution is -2.25. The molecule has 0 bridgehead atoms. The van der Waals surface area contributed by atoms with E-state index in [1.807, 2.05) is 12.1 Å². The molecule has 1 aromatic rings. The fourth-order valence-corrected chi connectivity index (χ4v) is 1.96. The van der Waals surface area contributed by atoms with Crippen LogP contribution in [0.4, 0.5) is 4.39 Å². The first kappa shape index (κ1) is 11.6. The van der Waals surface area contributed by atoms with Crippen molar-refractivity contribution >= 4 is 0 Å². The molecule has 0 heterocycles. The Hall–Kier alpha value is -0.890. The van der Waals surface area contributed by atoms with Crippen LogP contribution in [0.25, 0.3) is 0 Å². The van der Waals surface area contributed by atoms with Crippen LogP contribution in [-0.4, -0.2) is 12.6 Å². The zero-order valence-electron chi connectivity index (χ0n) is 9.88. The maximum atomic E-state index is 13.5. The Balaban J connectivity index is 1.87. The molecule has 0 aromatic heterocycles. The topological polar surface area (TPSA) is 12.0 Å². The summed E-state index contributed by atoms with van der Waals surface area (Å²) < 4.78 is 13.5. The van der Waals surface area contributed by atoms with Crippen molar-refractivity contribution in [1.29, 1.82) is 0 Å². The summed E-state index contributed by atoms with van der Waals surface area (Å²) in [4.78, 5) is 0. The van der Waals surface area contributed by atoms with E-state index in [0.717, 1.165) is 31.0 Å². The molecule has 2 rings (SSSR count). The first-order valence-electron chi connectivity index (χ1n) is 6.26. The lowest BCUT2D eigenvalue weighted by atomic mass is 9.96. The summed E-state index contributed by atoms with van der Waals surface area (Å²) in [6, 6.07) is 7.86. The molecule has 1 aromatic carbocycles. The van der Waals surface area contributed by atoms with Crippen molar-refractivity contribution in [3.8, 4) is 0 Å². The minimum atomic E-state index is -0.0626. The fourth-order valence-electron chi connectivity index (χ4n) is 1.96. The van der Waals surface area contributed by atoms with Crippen molar-refractivity contribution in [2.75, 3.05) is 6.54 Å². The SMILES string of the molecule is CCC(CNC1CC1)Cc1ccccc1F. The molecule has 88 valence electrons. The second-order valence-corrected chi connectivity index (χ2v) is 4.75. The van der Waals surface area contributed by atoms with Crippen LogP contribution in [0.2, 0.25) is 0 Å². The van der Waals surface area contributed by atoms with E-state index in [1.165, 1.54) is 12.8 Å². The highest BCUT2D eigenvalue weighted by Gasteiger charge is 2.21. The molecule has 1 saturated carbocycles. The average molecular weight is 221 g/mol. The quantitative estimate of drug-likeness (QED) is 0.778. The Morgan fingerprint density at radius 2 is 2.12 bits per heavy atom. The highest BCUT2D eigenvalue weighted by molar-refractivity contribution is 5.17. The van der Waals surface area contributed by atoms with Crippen LogP contribution in [0.3, 0.4) is 0 Å². The Bertz CT molecular complexity index is 333. The van der Waals surface area contributed by atoms with Gasteiger partial charge in [0.15, 0.2) is 0 Å². The molecule has 0 saturated heterocycles. The van der Waals surface area contributed by atoms with E-state index in [-0.39, 0.29) is 5.82 Å². The molecule has 1 fully saturated rings. The van der Waals surface area contributed by atoms with Crippen molar-refractivity contribution in [3.63, 3.8) is 0 Å². The van der Waals surface area contributed by atoms with Crippen molar-refractivity contribution < 1.29 is 4.39 Å². The summed E-state index contributed by atoms with van der Waals surface area (Å²) in [6.45, 7) is 3.20. The fraction of sp³-hybridized carbons (Fsp3) is 0.571. The Morgan fingerprint density at radius 1 is 1.38 bits per heavy atom. The summed E-state index contributed by atoms with van der Waals surface area (Å²) in [6.07, 6.45) is 4.59. The average Bonchev–Trinajstić information content (AvgIpc) is 3.10. The van der Waals surface area contributed by atoms with Gasteiger partial charge in [0, 0.05) is 6.04 Å². The van der Waals surface area contributed by atoms with Crippen molar-refractivity contribution in [2.24, 2.45) is 5.92 Å². The lowest BCUT2D eigenvalue weighted by Gasteiger charge is -2.16. The molecule has 1 N–H and O–H groups in total. The van der Waals surface area contributed by atoms with Gasteiger partial charge in [-0.2, -0.15) is 0 Å². The molecule has 1 aliphatic carbocycles. The van der Waals surface area contributed by atoms with Gasteiger partial charge in [0.25, 0.3) is 0 Å². The van der Waals surface area contributed by atoms with Gasteiger partial charge >= 0.3 is 0 Å². The Labute approximate surface area is 97.1 Å². The van der Waals surface area contributed by atoms with Gasteiger partial charge in [-0.15, -0.1) is 0 Å². The van der Waals surface area contributed by atoms with Crippen molar-refractivity contribution in [3.05, 3.63) is 35.6 Å². The smallest absolute Gasteiger partial charge is 0.126 e. The highest BCUT2D eigenvalue weighted by Crippen LogP contribution is 2.20. The third-order valence-corrected chi connectivity index (χ3v) is 3.32. The number of halogens is 1. The molecule has 0 radical (unpaired) electrons. The minimum Gasteiger partial charge on any atom is -0.314 e. The first-order chi connectivity index (χ1) is 7.79. The zero-order valence-corrected chi connectivity index (χ0v) is 9.88. The van der Waals surface area contributed by atoms with Crippen LogP contribution in [0, 0.1) is 11.7 Å². The summed E-state index contributed by atoms with van der Waals surface area (Å²) in [5.41, 5.74) is 0.854. The predicted molar refractivity (Wildman–Crippen MR) is 64.9 cm³/mol. The summed E-state index contributed by atoms with van der Waals surface area (Å²) >= 11 is 0. The second kappa shape index (κ2) is 5.44. The second-order valence-electron chi connectivity index (χ2n) is 4.75. The molecule has 1 atom stereocenters. The highest BCUT2D eigenvalue weighted by atomic mass is 19.1. The molecule has 1 nitrogen and oxygen atoms in total. The molecule has 16 heavy (non-hydrogen) atoms. The number of rotatable bonds is 6. The summed E-state index contributed by atoms with van der Waals surface area (Å²) in [5.74, 6) is 0.491. The van der Waals surface area contributed by atoms with E-state index in [0.29, 0.717) is 5.92 Å². The Kier molecular flexibility index (Phi) is 3.94. The normalized spacial score (nSPS) is 17.4. The molecular formula is C14H20FN. The van der Waals surface area contributed by atoms with Crippen LogP contribution >= 0.6 is 0 Å². The Morgan fingerprint density at radius 3 is 2.75 bits per heavy atom. The van der Waals surface area contributed by atoms with E-state index < -0.39 is 0 Å². The molecular weight excluding hydrogens is 201 g/mol. The third-order valence-electron chi connectivity index (χ3n) is 3.32. The van der Waals surface area contributed by atoms with Gasteiger partial charge in [-0.05, 0) is 43.4 Å². The van der Waals surface area contributed by atoms with E-state index >= 15 is 0 Å². The van der Waals surface area contributed by atoms with Crippen molar-refractivity contribution in [1.82, 2.24) is 5.32 Å². The molecule has 1 aliphatic rings. The van der Waals surface area contributed by atoms with Gasteiger partial charge in [0.05, 0.1) is 0 Å². The van der Waals surface area contributed by atoms with Crippen molar-refractivity contribution in [2.45, 2.75) is 38.6 Å². The van der Waals surface area contributed by atoms with Gasteiger partial charge in [0.2, 0.25) is 0 Å². The van der Waals surface area contributed by atoms with E-state index in [1.54, 1.807) is 12.1 Å². The zero-order chi connectivity index (χ0) is 11.4. The van der Waals surface area contributed by atoms with Crippen LogP contribution < -0.4 is 5.32 Å². The lowest BCUT2D eigenvalue weighted by molar-refractivity contribution is 0.449. The molecule has 0 amide bonds. The number of nitrogens with one attached hydrogen (secondary N) is 1. The van der Waals surface area contributed by atoms with Gasteiger partial charge in [-0.3, -0.25) is 0 Å². The number of benzene rings is 1. The van der Waals surface area contributed by atoms with Crippen LogP contribution in [-0.2, 0) is 6.42 Å². The number of hydrogen-bond acceptors (Lipinski definition) is 1. The first-order valence-corrected chi connectivity index (χ1v) is 6.26. The monoisotopic (exact) mass is 221 g/mol. The van der Waals surface area contributed by atoms with E-state index in [9.17, 15) is 4.39 Å². The van der Waals surface area contributed by atoms with Crippen LogP contribution in [0.15, 0.2) is 24.3 Å². The van der Waals surface area contributed by atoms with Gasteiger partial charge in [-0.1, -0.05) is 31.5 Å². The standard InChI is InChI=1S/C14H20FN/c1-2-11(10-16-13-7-8-13)9-12-5-3-4-6-14(12)15/h3-6,11,13,16H,2,7-10H2,1H3. The molecule has 2 heteroatoms. The maximum absolute atomic E-state index is 13.5. The van der Waals surface area contributed by atoms with Gasteiger partial charge in [0.1, 0.15) is 5.82 Å². The van der Waals surface area contributed by atoms with E-state index in [2.05, 4.69) is 12.2 Å². The molecule has 1 unspecified atom stereocenters. The van der Waals surface area contributed by atoms with E-state index in [4.69, 9.17) is 0 Å². The summed E-state index contributed by atoms with van der Waals surface area (Å²) in [7, 11) is 0. The number of hydrogen-bond donors (Lipinski definition) is 1. The molecule has 0 spiro atoms. The summed E-state index contributed by atoms with van der Waals surface area (Å²) in [5, 5.41) is 3.52. The van der Waals surface area contributed by atoms with Gasteiger partial charge in [-0.25, -0.2) is 4.39 Å². The predicted octanol–water partition coefficient (Wildman–Crippen LogP) is 3.15. The van der Waals surface area contributed by atoms with Gasteiger partial charge < -0.3 is 5.32 Å². The molecule has 0 aliphatic heterocycles. The largest absolute Gasteiger partial charge is 0.314 e.